The van der Waals surface area contributed by atoms with Crippen molar-refractivity contribution < 1.29 is 14.5 Å². The molecule has 0 radical (unpaired) electrons. The normalized spacial score (nSPS) is 10.3. The highest BCUT2D eigenvalue weighted by molar-refractivity contribution is 6.32. The summed E-state index contributed by atoms with van der Waals surface area (Å²) in [5.74, 6) is -0.500. The van der Waals surface area contributed by atoms with E-state index in [1.807, 2.05) is 0 Å². The number of methoxy groups -OCH3 is 1. The Kier molecular flexibility index (Phi) is 6.85. The number of nitrogens with zero attached hydrogens (tertiary/aromatic N) is 2. The van der Waals surface area contributed by atoms with Crippen LogP contribution in [0.5, 0.6) is 0 Å². The average Bonchev–Trinajstić information content (AvgIpc) is 2.42. The summed E-state index contributed by atoms with van der Waals surface area (Å²) in [7, 11) is 1.60. The Bertz CT molecular complexity index is 483. The second kappa shape index (κ2) is 8.41. The molecule has 1 rings (SSSR count). The van der Waals surface area contributed by atoms with Gasteiger partial charge in [0.2, 0.25) is 0 Å². The van der Waals surface area contributed by atoms with Crippen LogP contribution in [0.2, 0.25) is 5.15 Å². The molecule has 0 fully saturated rings. The van der Waals surface area contributed by atoms with Crippen molar-refractivity contribution in [2.45, 2.75) is 0 Å². The summed E-state index contributed by atoms with van der Waals surface area (Å²) >= 11 is 5.75. The predicted molar refractivity (Wildman–Crippen MR) is 73.0 cm³/mol. The van der Waals surface area contributed by atoms with E-state index in [-0.39, 0.29) is 16.4 Å². The first-order valence-corrected chi connectivity index (χ1v) is 6.22. The topological polar surface area (TPSA) is 106 Å². The number of carbonyl (C=O) groups is 1. The quantitative estimate of drug-likeness (QED) is 0.315. The van der Waals surface area contributed by atoms with Gasteiger partial charge in [-0.25, -0.2) is 4.98 Å². The van der Waals surface area contributed by atoms with E-state index in [1.54, 1.807) is 7.11 Å². The van der Waals surface area contributed by atoms with Gasteiger partial charge in [0.1, 0.15) is 11.3 Å². The average molecular weight is 303 g/mol. The number of hydrogen-bond acceptors (Lipinski definition) is 6. The van der Waals surface area contributed by atoms with E-state index in [1.165, 1.54) is 0 Å². The number of rotatable bonds is 8. The minimum Gasteiger partial charge on any atom is -0.383 e. The lowest BCUT2D eigenvalue weighted by Gasteiger charge is -2.07. The van der Waals surface area contributed by atoms with Gasteiger partial charge >= 0.3 is 0 Å². The Balaban J connectivity index is 2.50. The third kappa shape index (κ3) is 5.08. The van der Waals surface area contributed by atoms with Gasteiger partial charge in [0.05, 0.1) is 17.1 Å². The van der Waals surface area contributed by atoms with Gasteiger partial charge in [-0.1, -0.05) is 11.6 Å². The number of halogens is 1. The Hall–Kier alpha value is -1.77. The van der Waals surface area contributed by atoms with E-state index in [9.17, 15) is 14.9 Å². The van der Waals surface area contributed by atoms with Gasteiger partial charge in [0, 0.05) is 32.8 Å². The molecule has 110 valence electrons. The van der Waals surface area contributed by atoms with Crippen molar-refractivity contribution in [1.82, 2.24) is 15.6 Å². The lowest BCUT2D eigenvalue weighted by Crippen LogP contribution is -2.33. The number of hydrogen-bond donors (Lipinski definition) is 2. The third-order valence-corrected chi connectivity index (χ3v) is 2.65. The molecule has 0 unspecified atom stereocenters. The summed E-state index contributed by atoms with van der Waals surface area (Å²) < 4.78 is 4.85. The molecule has 0 atom stereocenters. The molecule has 1 aromatic heterocycles. The fourth-order valence-corrected chi connectivity index (χ4v) is 1.54. The Labute approximate surface area is 120 Å². The summed E-state index contributed by atoms with van der Waals surface area (Å²) in [6.45, 7) is 2.16. The van der Waals surface area contributed by atoms with Crippen LogP contribution in [0.25, 0.3) is 0 Å². The summed E-state index contributed by atoms with van der Waals surface area (Å²) in [6.07, 6.45) is 1.01. The second-order valence-electron chi connectivity index (χ2n) is 3.79. The van der Waals surface area contributed by atoms with Crippen LogP contribution < -0.4 is 10.6 Å². The van der Waals surface area contributed by atoms with Crippen molar-refractivity contribution in [3.05, 3.63) is 33.1 Å². The molecule has 8 nitrogen and oxygen atoms in total. The number of aromatic nitrogens is 1. The molecule has 1 aromatic rings. The number of carbonyl (C=O) groups excluding carboxylic acids is 1. The van der Waals surface area contributed by atoms with Crippen LogP contribution in [-0.4, -0.2) is 49.2 Å². The third-order valence-electron chi connectivity index (χ3n) is 2.35. The van der Waals surface area contributed by atoms with Gasteiger partial charge in [0.15, 0.2) is 0 Å². The van der Waals surface area contributed by atoms with Gasteiger partial charge < -0.3 is 15.4 Å². The number of nitrogens with one attached hydrogen (secondary N) is 2. The van der Waals surface area contributed by atoms with E-state index in [0.717, 1.165) is 12.3 Å². The van der Waals surface area contributed by atoms with Crippen molar-refractivity contribution >= 4 is 23.2 Å². The second-order valence-corrected chi connectivity index (χ2v) is 4.15. The van der Waals surface area contributed by atoms with Crippen molar-refractivity contribution in [3.8, 4) is 0 Å². The van der Waals surface area contributed by atoms with Crippen LogP contribution in [0.4, 0.5) is 5.69 Å². The minimum absolute atomic E-state index is 0.0160. The fourth-order valence-electron chi connectivity index (χ4n) is 1.36. The Morgan fingerprint density at radius 2 is 2.25 bits per heavy atom. The summed E-state index contributed by atoms with van der Waals surface area (Å²) in [5, 5.41) is 16.2. The largest absolute Gasteiger partial charge is 0.383 e. The van der Waals surface area contributed by atoms with Crippen molar-refractivity contribution in [2.24, 2.45) is 0 Å². The lowest BCUT2D eigenvalue weighted by molar-refractivity contribution is -0.385. The number of ether oxygens (including phenoxy) is 1. The zero-order chi connectivity index (χ0) is 15.0. The van der Waals surface area contributed by atoms with Crippen LogP contribution in [0.15, 0.2) is 12.3 Å². The summed E-state index contributed by atoms with van der Waals surface area (Å²) in [4.78, 5) is 25.4. The van der Waals surface area contributed by atoms with E-state index >= 15 is 0 Å². The predicted octanol–water partition coefficient (Wildman–Crippen LogP) is 0.609. The van der Waals surface area contributed by atoms with E-state index in [4.69, 9.17) is 16.3 Å². The van der Waals surface area contributed by atoms with Crippen molar-refractivity contribution in [2.75, 3.05) is 33.4 Å². The zero-order valence-corrected chi connectivity index (χ0v) is 11.6. The highest BCUT2D eigenvalue weighted by Crippen LogP contribution is 2.18. The maximum Gasteiger partial charge on any atom is 0.288 e. The molecule has 1 heterocycles. The van der Waals surface area contributed by atoms with Crippen LogP contribution in [0.1, 0.15) is 10.4 Å². The van der Waals surface area contributed by atoms with Gasteiger partial charge in [-0.05, 0) is 0 Å². The van der Waals surface area contributed by atoms with E-state index in [0.29, 0.717) is 26.2 Å². The highest BCUT2D eigenvalue weighted by atomic mass is 35.5. The standard InChI is InChI=1S/C11H15ClN4O4/c1-20-5-4-13-2-3-14-11(17)9-6-8(16(18)19)7-15-10(9)12/h6-7,13H,2-5H2,1H3,(H,14,17). The fraction of sp³-hybridized carbons (Fsp3) is 0.455. The van der Waals surface area contributed by atoms with Gasteiger partial charge in [-0.15, -0.1) is 0 Å². The van der Waals surface area contributed by atoms with E-state index < -0.39 is 10.8 Å². The monoisotopic (exact) mass is 302 g/mol. The molecular weight excluding hydrogens is 288 g/mol. The molecule has 0 saturated heterocycles. The molecule has 1 amide bonds. The Morgan fingerprint density at radius 1 is 1.50 bits per heavy atom. The van der Waals surface area contributed by atoms with Gasteiger partial charge in [0.25, 0.3) is 11.6 Å². The Morgan fingerprint density at radius 3 is 2.90 bits per heavy atom. The van der Waals surface area contributed by atoms with Gasteiger partial charge in [-0.2, -0.15) is 0 Å². The molecule has 9 heteroatoms. The van der Waals surface area contributed by atoms with Crippen molar-refractivity contribution in [1.29, 1.82) is 0 Å². The first-order valence-electron chi connectivity index (χ1n) is 5.84. The molecule has 0 spiro atoms. The SMILES string of the molecule is COCCNCCNC(=O)c1cc([N+](=O)[O-])cnc1Cl. The molecule has 2 N–H and O–H groups in total. The molecule has 0 bridgehead atoms. The van der Waals surface area contributed by atoms with E-state index in [2.05, 4.69) is 15.6 Å². The molecule has 0 aliphatic rings. The van der Waals surface area contributed by atoms with Crippen LogP contribution in [0.3, 0.4) is 0 Å². The zero-order valence-electron chi connectivity index (χ0n) is 10.9. The number of pyridine rings is 1. The summed E-state index contributed by atoms with van der Waals surface area (Å²) in [5.41, 5.74) is -0.296. The molecule has 0 aromatic carbocycles. The first kappa shape index (κ1) is 16.3. The van der Waals surface area contributed by atoms with Crippen molar-refractivity contribution in [3.63, 3.8) is 0 Å². The minimum atomic E-state index is -0.633. The molecule has 20 heavy (non-hydrogen) atoms. The summed E-state index contributed by atoms with van der Waals surface area (Å²) in [6, 6.07) is 1.10. The molecule has 0 aliphatic heterocycles. The lowest BCUT2D eigenvalue weighted by atomic mass is 10.2. The molecule has 0 aliphatic carbocycles. The number of nitro groups is 1. The molecular formula is C11H15ClN4O4. The number of amides is 1. The van der Waals surface area contributed by atoms with Gasteiger partial charge in [-0.3, -0.25) is 14.9 Å². The van der Waals surface area contributed by atoms with Crippen LogP contribution in [-0.2, 0) is 4.74 Å². The first-order chi connectivity index (χ1) is 9.56. The van der Waals surface area contributed by atoms with Crippen LogP contribution >= 0.6 is 11.6 Å². The molecule has 0 saturated carbocycles. The van der Waals surface area contributed by atoms with Crippen LogP contribution in [0, 0.1) is 10.1 Å². The maximum absolute atomic E-state index is 11.8. The highest BCUT2D eigenvalue weighted by Gasteiger charge is 2.16. The smallest absolute Gasteiger partial charge is 0.288 e. The maximum atomic E-state index is 11.8.